The van der Waals surface area contributed by atoms with Crippen LogP contribution in [0.4, 0.5) is 0 Å². The van der Waals surface area contributed by atoms with Gasteiger partial charge in [0, 0.05) is 23.6 Å². The fraction of sp³-hybridized carbons (Fsp3) is 0.409. The Morgan fingerprint density at radius 2 is 2.04 bits per heavy atom. The van der Waals surface area contributed by atoms with Crippen LogP contribution >= 0.6 is 11.3 Å². The highest BCUT2D eigenvalue weighted by atomic mass is 32.1. The Balaban J connectivity index is 1.47. The Hall–Kier alpha value is -2.65. The molecule has 1 saturated carbocycles. The molecule has 6 heteroatoms. The first-order chi connectivity index (χ1) is 13.7. The van der Waals surface area contributed by atoms with Crippen LogP contribution in [-0.4, -0.2) is 29.7 Å². The van der Waals surface area contributed by atoms with E-state index in [0.717, 1.165) is 51.5 Å². The molecule has 5 nitrogen and oxygen atoms in total. The average molecular weight is 392 g/mol. The van der Waals surface area contributed by atoms with Gasteiger partial charge in [-0.15, -0.1) is 11.3 Å². The molecule has 4 rings (SSSR count). The summed E-state index contributed by atoms with van der Waals surface area (Å²) < 4.78 is 0. The number of benzene rings is 1. The van der Waals surface area contributed by atoms with Gasteiger partial charge < -0.3 is 5.32 Å². The van der Waals surface area contributed by atoms with Crippen molar-refractivity contribution in [3.63, 3.8) is 0 Å². The van der Waals surface area contributed by atoms with E-state index in [1.165, 1.54) is 25.7 Å². The number of aryl methyl sites for hydroxylation is 1. The van der Waals surface area contributed by atoms with Crippen LogP contribution in [0.5, 0.6) is 0 Å². The standard InChI is InChI=1S/C22H25N5S/c1-15-20(16(2)26-27-22-23-13-14-24-22)28-21(25-15)19-11-9-18(10-12-19)8-7-17-5-3-4-6-17/h9-12,17H,3-6,13-14H2,1-2H3,(H2,23,24,27)/b26-16+. The zero-order valence-corrected chi connectivity index (χ0v) is 17.2. The van der Waals surface area contributed by atoms with Gasteiger partial charge in [0.1, 0.15) is 5.01 Å². The second-order valence-corrected chi connectivity index (χ2v) is 8.23. The summed E-state index contributed by atoms with van der Waals surface area (Å²) in [6, 6.07) is 8.42. The smallest absolute Gasteiger partial charge is 0.212 e. The SMILES string of the molecule is C/C(=N\NC1=NCCN1)c1sc(-c2ccc(C#CC3CCCC3)cc2)nc1C. The summed E-state index contributed by atoms with van der Waals surface area (Å²) in [5.41, 5.74) is 7.10. The minimum absolute atomic E-state index is 0.588. The van der Waals surface area contributed by atoms with E-state index in [-0.39, 0.29) is 0 Å². The molecule has 2 aliphatic rings. The molecule has 144 valence electrons. The first kappa shape index (κ1) is 18.7. The molecule has 28 heavy (non-hydrogen) atoms. The van der Waals surface area contributed by atoms with Crippen molar-refractivity contribution in [2.24, 2.45) is 16.0 Å². The zero-order chi connectivity index (χ0) is 19.3. The highest BCUT2D eigenvalue weighted by Crippen LogP contribution is 2.29. The van der Waals surface area contributed by atoms with Gasteiger partial charge in [0.2, 0.25) is 5.96 Å². The summed E-state index contributed by atoms with van der Waals surface area (Å²) in [6.07, 6.45) is 5.16. The Morgan fingerprint density at radius 3 is 2.75 bits per heavy atom. The maximum atomic E-state index is 4.75. The predicted molar refractivity (Wildman–Crippen MR) is 117 cm³/mol. The number of aromatic nitrogens is 1. The lowest BCUT2D eigenvalue weighted by Gasteiger charge is -2.02. The van der Waals surface area contributed by atoms with Gasteiger partial charge >= 0.3 is 0 Å². The molecule has 0 atom stereocenters. The van der Waals surface area contributed by atoms with Gasteiger partial charge in [0.15, 0.2) is 0 Å². The summed E-state index contributed by atoms with van der Waals surface area (Å²) in [5, 5.41) is 8.60. The summed E-state index contributed by atoms with van der Waals surface area (Å²) in [4.78, 5) is 10.1. The van der Waals surface area contributed by atoms with Crippen LogP contribution in [0.15, 0.2) is 34.4 Å². The second-order valence-electron chi connectivity index (χ2n) is 7.23. The lowest BCUT2D eigenvalue weighted by atomic mass is 10.1. The third-order valence-corrected chi connectivity index (χ3v) is 6.35. The van der Waals surface area contributed by atoms with E-state index in [0.29, 0.717) is 5.92 Å². The molecule has 0 unspecified atom stereocenters. The van der Waals surface area contributed by atoms with Crippen molar-refractivity contribution in [2.75, 3.05) is 13.1 Å². The van der Waals surface area contributed by atoms with Crippen molar-refractivity contribution in [2.45, 2.75) is 39.5 Å². The predicted octanol–water partition coefficient (Wildman–Crippen LogP) is 3.93. The minimum Gasteiger partial charge on any atom is -0.353 e. The number of thiazole rings is 1. The number of guanidine groups is 1. The first-order valence-corrected chi connectivity index (χ1v) is 10.7. The highest BCUT2D eigenvalue weighted by Gasteiger charge is 2.13. The maximum absolute atomic E-state index is 4.75. The summed E-state index contributed by atoms with van der Waals surface area (Å²) in [5.74, 6) is 8.07. The van der Waals surface area contributed by atoms with Crippen LogP contribution in [0.3, 0.4) is 0 Å². The van der Waals surface area contributed by atoms with Crippen LogP contribution in [0.1, 0.15) is 48.7 Å². The largest absolute Gasteiger partial charge is 0.353 e. The van der Waals surface area contributed by atoms with Gasteiger partial charge in [-0.3, -0.25) is 0 Å². The van der Waals surface area contributed by atoms with Crippen LogP contribution in [0.2, 0.25) is 0 Å². The number of nitrogens with zero attached hydrogens (tertiary/aromatic N) is 3. The molecule has 1 aliphatic carbocycles. The minimum atomic E-state index is 0.588. The lowest BCUT2D eigenvalue weighted by molar-refractivity contribution is 0.712. The van der Waals surface area contributed by atoms with Crippen molar-refractivity contribution < 1.29 is 0 Å². The number of rotatable bonds is 3. The van der Waals surface area contributed by atoms with Crippen molar-refractivity contribution in [1.82, 2.24) is 15.7 Å². The van der Waals surface area contributed by atoms with E-state index in [4.69, 9.17) is 4.98 Å². The van der Waals surface area contributed by atoms with Crippen molar-refractivity contribution >= 4 is 23.0 Å². The molecular weight excluding hydrogens is 366 g/mol. The fourth-order valence-electron chi connectivity index (χ4n) is 3.47. The van der Waals surface area contributed by atoms with Gasteiger partial charge in [-0.25, -0.2) is 15.4 Å². The molecular formula is C22H25N5S. The van der Waals surface area contributed by atoms with E-state index < -0.39 is 0 Å². The lowest BCUT2D eigenvalue weighted by Crippen LogP contribution is -2.30. The van der Waals surface area contributed by atoms with Gasteiger partial charge in [0.25, 0.3) is 0 Å². The summed E-state index contributed by atoms with van der Waals surface area (Å²) in [6.45, 7) is 5.68. The Kier molecular flexibility index (Phi) is 5.73. The zero-order valence-electron chi connectivity index (χ0n) is 16.4. The third kappa shape index (κ3) is 4.42. The molecule has 0 saturated heterocycles. The van der Waals surface area contributed by atoms with E-state index in [1.807, 2.05) is 13.8 Å². The molecule has 1 aromatic carbocycles. The number of nitrogens with one attached hydrogen (secondary N) is 2. The Labute approximate surface area is 170 Å². The normalized spacial score (nSPS) is 17.1. The molecule has 2 aromatic rings. The molecule has 0 bridgehead atoms. The van der Waals surface area contributed by atoms with Crippen LogP contribution in [0, 0.1) is 24.7 Å². The summed E-state index contributed by atoms with van der Waals surface area (Å²) >= 11 is 1.66. The number of hydrazone groups is 1. The van der Waals surface area contributed by atoms with Crippen molar-refractivity contribution in [3.05, 3.63) is 40.4 Å². The number of hydrogen-bond acceptors (Lipinski definition) is 6. The van der Waals surface area contributed by atoms with Crippen LogP contribution in [0.25, 0.3) is 10.6 Å². The Morgan fingerprint density at radius 1 is 1.25 bits per heavy atom. The number of aliphatic imine (C=N–C) groups is 1. The van der Waals surface area contributed by atoms with Crippen LogP contribution in [-0.2, 0) is 0 Å². The molecule has 0 radical (unpaired) electrons. The van der Waals surface area contributed by atoms with Crippen molar-refractivity contribution in [1.29, 1.82) is 0 Å². The average Bonchev–Trinajstić information content (AvgIpc) is 3.47. The molecule has 0 spiro atoms. The number of hydrogen-bond donors (Lipinski definition) is 2. The molecule has 2 N–H and O–H groups in total. The van der Waals surface area contributed by atoms with E-state index in [9.17, 15) is 0 Å². The monoisotopic (exact) mass is 391 g/mol. The van der Waals surface area contributed by atoms with Gasteiger partial charge in [-0.05, 0) is 38.8 Å². The van der Waals surface area contributed by atoms with E-state index in [1.54, 1.807) is 11.3 Å². The molecule has 2 heterocycles. The van der Waals surface area contributed by atoms with Gasteiger partial charge in [-0.2, -0.15) is 5.10 Å². The molecule has 1 aliphatic heterocycles. The van der Waals surface area contributed by atoms with E-state index >= 15 is 0 Å². The first-order valence-electron chi connectivity index (χ1n) is 9.87. The van der Waals surface area contributed by atoms with Gasteiger partial charge in [-0.1, -0.05) is 36.8 Å². The quantitative estimate of drug-likeness (QED) is 0.473. The molecule has 0 amide bonds. The topological polar surface area (TPSA) is 61.7 Å². The highest BCUT2D eigenvalue weighted by molar-refractivity contribution is 7.17. The fourth-order valence-corrected chi connectivity index (χ4v) is 4.48. The van der Waals surface area contributed by atoms with Crippen LogP contribution < -0.4 is 10.7 Å². The second kappa shape index (κ2) is 8.57. The van der Waals surface area contributed by atoms with E-state index in [2.05, 4.69) is 56.9 Å². The maximum Gasteiger partial charge on any atom is 0.212 e. The van der Waals surface area contributed by atoms with Crippen molar-refractivity contribution in [3.8, 4) is 22.4 Å². The molecule has 1 fully saturated rings. The molecule has 1 aromatic heterocycles. The summed E-state index contributed by atoms with van der Waals surface area (Å²) in [7, 11) is 0. The Bertz CT molecular complexity index is 953. The van der Waals surface area contributed by atoms with Gasteiger partial charge in [0.05, 0.1) is 22.8 Å². The third-order valence-electron chi connectivity index (χ3n) is 5.04.